The number of hydrogen-bond acceptors (Lipinski definition) is 2. The van der Waals surface area contributed by atoms with Crippen LogP contribution in [-0.2, 0) is 4.74 Å². The Kier molecular flexibility index (Phi) is 9.94. The minimum absolute atomic E-state index is 0.411. The van der Waals surface area contributed by atoms with Crippen molar-refractivity contribution < 1.29 is 4.74 Å². The van der Waals surface area contributed by atoms with E-state index in [0.717, 1.165) is 19.6 Å². The van der Waals surface area contributed by atoms with Crippen molar-refractivity contribution in [2.45, 2.75) is 52.1 Å². The zero-order valence-corrected chi connectivity index (χ0v) is 9.44. The molecule has 0 aliphatic rings. The van der Waals surface area contributed by atoms with E-state index in [2.05, 4.69) is 19.2 Å². The smallest absolute Gasteiger partial charge is 0.0559 e. The fraction of sp³-hybridized carbons (Fsp3) is 1.00. The van der Waals surface area contributed by atoms with Gasteiger partial charge in [0, 0.05) is 6.61 Å². The van der Waals surface area contributed by atoms with E-state index in [1.54, 1.807) is 0 Å². The second kappa shape index (κ2) is 10.0. The summed E-state index contributed by atoms with van der Waals surface area (Å²) in [6.07, 6.45) is 6.70. The zero-order chi connectivity index (χ0) is 9.94. The molecule has 1 atom stereocenters. The predicted molar refractivity (Wildman–Crippen MR) is 58.1 cm³/mol. The van der Waals surface area contributed by atoms with Crippen molar-refractivity contribution in [3.63, 3.8) is 0 Å². The zero-order valence-electron chi connectivity index (χ0n) is 9.44. The van der Waals surface area contributed by atoms with E-state index in [1.807, 2.05) is 7.05 Å². The van der Waals surface area contributed by atoms with E-state index in [9.17, 15) is 0 Å². The molecular formula is C11H25NO. The predicted octanol–water partition coefficient (Wildman–Crippen LogP) is 2.58. The first kappa shape index (κ1) is 12.9. The first-order valence-corrected chi connectivity index (χ1v) is 5.57. The number of rotatable bonds is 9. The minimum Gasteiger partial charge on any atom is -0.378 e. The van der Waals surface area contributed by atoms with E-state index < -0.39 is 0 Å². The van der Waals surface area contributed by atoms with E-state index in [0.29, 0.717) is 6.10 Å². The first-order chi connectivity index (χ1) is 6.31. The van der Waals surface area contributed by atoms with Crippen molar-refractivity contribution in [3.05, 3.63) is 0 Å². The fourth-order valence-electron chi connectivity index (χ4n) is 1.24. The lowest BCUT2D eigenvalue weighted by Crippen LogP contribution is -2.17. The molecule has 13 heavy (non-hydrogen) atoms. The molecule has 0 aromatic carbocycles. The standard InChI is InChI=1S/C11H25NO/c1-4-5-6-7-10-13-11(2)8-9-12-3/h11-12H,4-10H2,1-3H3. The van der Waals surface area contributed by atoms with Crippen LogP contribution in [0, 0.1) is 0 Å². The molecule has 0 aromatic heterocycles. The summed E-state index contributed by atoms with van der Waals surface area (Å²) in [6, 6.07) is 0. The van der Waals surface area contributed by atoms with E-state index in [4.69, 9.17) is 4.74 Å². The van der Waals surface area contributed by atoms with Gasteiger partial charge in [0.25, 0.3) is 0 Å². The van der Waals surface area contributed by atoms with Gasteiger partial charge >= 0.3 is 0 Å². The molecule has 0 radical (unpaired) electrons. The second-order valence-electron chi connectivity index (χ2n) is 3.63. The number of unbranched alkanes of at least 4 members (excludes halogenated alkanes) is 3. The Morgan fingerprint density at radius 2 is 2.00 bits per heavy atom. The molecule has 0 aliphatic carbocycles. The van der Waals surface area contributed by atoms with Crippen LogP contribution in [0.2, 0.25) is 0 Å². The van der Waals surface area contributed by atoms with Gasteiger partial charge in [0.2, 0.25) is 0 Å². The van der Waals surface area contributed by atoms with Gasteiger partial charge in [-0.25, -0.2) is 0 Å². The molecule has 2 heteroatoms. The SMILES string of the molecule is CCCCCCOC(C)CCNC. The van der Waals surface area contributed by atoms with Crippen LogP contribution in [0.4, 0.5) is 0 Å². The van der Waals surface area contributed by atoms with Gasteiger partial charge in [-0.3, -0.25) is 0 Å². The highest BCUT2D eigenvalue weighted by atomic mass is 16.5. The highest BCUT2D eigenvalue weighted by molar-refractivity contribution is 4.52. The maximum absolute atomic E-state index is 5.65. The minimum atomic E-state index is 0.411. The molecule has 80 valence electrons. The van der Waals surface area contributed by atoms with Crippen LogP contribution in [0.1, 0.15) is 46.0 Å². The average molecular weight is 187 g/mol. The molecule has 0 aromatic rings. The Morgan fingerprint density at radius 1 is 1.23 bits per heavy atom. The van der Waals surface area contributed by atoms with Gasteiger partial charge in [-0.15, -0.1) is 0 Å². The third kappa shape index (κ3) is 9.84. The number of nitrogens with one attached hydrogen (secondary N) is 1. The van der Waals surface area contributed by atoms with Crippen molar-refractivity contribution in [2.75, 3.05) is 20.2 Å². The third-order valence-electron chi connectivity index (χ3n) is 2.20. The van der Waals surface area contributed by atoms with Crippen LogP contribution in [0.15, 0.2) is 0 Å². The molecule has 0 heterocycles. The topological polar surface area (TPSA) is 21.3 Å². The van der Waals surface area contributed by atoms with Gasteiger partial charge in [-0.2, -0.15) is 0 Å². The molecule has 0 fully saturated rings. The maximum Gasteiger partial charge on any atom is 0.0559 e. The Hall–Kier alpha value is -0.0800. The molecule has 0 saturated heterocycles. The van der Waals surface area contributed by atoms with E-state index in [1.165, 1.54) is 25.7 Å². The largest absolute Gasteiger partial charge is 0.378 e. The molecule has 1 N–H and O–H groups in total. The Labute approximate surface area is 83.1 Å². The Morgan fingerprint density at radius 3 is 2.62 bits per heavy atom. The molecule has 0 aliphatic heterocycles. The van der Waals surface area contributed by atoms with Crippen LogP contribution in [0.3, 0.4) is 0 Å². The van der Waals surface area contributed by atoms with E-state index in [-0.39, 0.29) is 0 Å². The van der Waals surface area contributed by atoms with Crippen LogP contribution in [0.5, 0.6) is 0 Å². The van der Waals surface area contributed by atoms with Gasteiger partial charge in [0.15, 0.2) is 0 Å². The van der Waals surface area contributed by atoms with Crippen LogP contribution >= 0.6 is 0 Å². The third-order valence-corrected chi connectivity index (χ3v) is 2.20. The average Bonchev–Trinajstić information content (AvgIpc) is 2.14. The first-order valence-electron chi connectivity index (χ1n) is 5.57. The lowest BCUT2D eigenvalue weighted by atomic mass is 10.2. The van der Waals surface area contributed by atoms with Gasteiger partial charge in [0.1, 0.15) is 0 Å². The molecule has 1 unspecified atom stereocenters. The number of hydrogen-bond donors (Lipinski definition) is 1. The second-order valence-corrected chi connectivity index (χ2v) is 3.63. The maximum atomic E-state index is 5.65. The normalized spacial score (nSPS) is 13.2. The van der Waals surface area contributed by atoms with Crippen LogP contribution < -0.4 is 5.32 Å². The summed E-state index contributed by atoms with van der Waals surface area (Å²) in [7, 11) is 1.98. The highest BCUT2D eigenvalue weighted by Crippen LogP contribution is 2.02. The van der Waals surface area contributed by atoms with Gasteiger partial charge in [0.05, 0.1) is 6.10 Å². The van der Waals surface area contributed by atoms with Crippen molar-refractivity contribution in [1.29, 1.82) is 0 Å². The van der Waals surface area contributed by atoms with Gasteiger partial charge < -0.3 is 10.1 Å². The lowest BCUT2D eigenvalue weighted by molar-refractivity contribution is 0.0580. The van der Waals surface area contributed by atoms with Gasteiger partial charge in [-0.05, 0) is 33.4 Å². The van der Waals surface area contributed by atoms with Crippen molar-refractivity contribution in [2.24, 2.45) is 0 Å². The molecule has 0 amide bonds. The Bertz CT molecular complexity index is 96.1. The monoisotopic (exact) mass is 187 g/mol. The number of ether oxygens (including phenoxy) is 1. The summed E-state index contributed by atoms with van der Waals surface area (Å²) in [6.45, 7) is 6.37. The molecule has 0 saturated carbocycles. The fourth-order valence-corrected chi connectivity index (χ4v) is 1.24. The van der Waals surface area contributed by atoms with Gasteiger partial charge in [-0.1, -0.05) is 26.2 Å². The highest BCUT2D eigenvalue weighted by Gasteiger charge is 1.99. The molecule has 0 rings (SSSR count). The molecular weight excluding hydrogens is 162 g/mol. The lowest BCUT2D eigenvalue weighted by Gasteiger charge is -2.12. The summed E-state index contributed by atoms with van der Waals surface area (Å²) in [5.74, 6) is 0. The van der Waals surface area contributed by atoms with E-state index >= 15 is 0 Å². The van der Waals surface area contributed by atoms with Crippen molar-refractivity contribution >= 4 is 0 Å². The summed E-state index contributed by atoms with van der Waals surface area (Å²) < 4.78 is 5.65. The van der Waals surface area contributed by atoms with Crippen molar-refractivity contribution in [3.8, 4) is 0 Å². The van der Waals surface area contributed by atoms with Crippen LogP contribution in [-0.4, -0.2) is 26.3 Å². The molecule has 2 nitrogen and oxygen atoms in total. The summed E-state index contributed by atoms with van der Waals surface area (Å²) >= 11 is 0. The molecule has 0 bridgehead atoms. The summed E-state index contributed by atoms with van der Waals surface area (Å²) in [5, 5.41) is 3.13. The Balaban J connectivity index is 3.03. The summed E-state index contributed by atoms with van der Waals surface area (Å²) in [5.41, 5.74) is 0. The summed E-state index contributed by atoms with van der Waals surface area (Å²) in [4.78, 5) is 0. The van der Waals surface area contributed by atoms with Crippen LogP contribution in [0.25, 0.3) is 0 Å². The quantitative estimate of drug-likeness (QED) is 0.560. The molecule has 0 spiro atoms. The van der Waals surface area contributed by atoms with Crippen molar-refractivity contribution in [1.82, 2.24) is 5.32 Å².